The Morgan fingerprint density at radius 3 is 2.41 bits per heavy atom. The van der Waals surface area contributed by atoms with Crippen LogP contribution < -0.4 is 10.7 Å². The molecule has 0 N–H and O–H groups in total. The molecule has 3 heterocycles. The highest BCUT2D eigenvalue weighted by Gasteiger charge is 2.34. The van der Waals surface area contributed by atoms with Crippen LogP contribution >= 0.6 is 11.3 Å². The van der Waals surface area contributed by atoms with Crippen LogP contribution in [0, 0.1) is 36.0 Å². The lowest BCUT2D eigenvalue weighted by Crippen LogP contribution is -2.49. The standard InChI is InChI=1S/C30H38N2O8S/c1-19-6-8-21(9-7-19)27(34)32(17-25(33)31-12-14-37-15-13-31)23-16-22(10-11-30(3,4)5)41-26(23)28(35)38-18-24-20(2)39-29(36)40-24/h16,19,21H,6-9,12-15,17-18H2,1-5H3. The molecule has 0 bridgehead atoms. The summed E-state index contributed by atoms with van der Waals surface area (Å²) < 4.78 is 20.7. The lowest BCUT2D eigenvalue weighted by atomic mass is 9.82. The van der Waals surface area contributed by atoms with E-state index in [4.69, 9.17) is 18.3 Å². The van der Waals surface area contributed by atoms with Crippen LogP contribution in [0.5, 0.6) is 0 Å². The summed E-state index contributed by atoms with van der Waals surface area (Å²) in [4.78, 5) is 56.2. The Bertz CT molecular complexity index is 1370. The molecule has 0 atom stereocenters. The summed E-state index contributed by atoms with van der Waals surface area (Å²) in [6.07, 6.45) is 3.30. The van der Waals surface area contributed by atoms with Gasteiger partial charge in [-0.15, -0.1) is 11.3 Å². The van der Waals surface area contributed by atoms with E-state index in [9.17, 15) is 19.2 Å². The van der Waals surface area contributed by atoms with Gasteiger partial charge in [-0.3, -0.25) is 9.59 Å². The van der Waals surface area contributed by atoms with Crippen LogP contribution in [0.2, 0.25) is 0 Å². The fraction of sp³-hybridized carbons (Fsp3) is 0.600. The minimum absolute atomic E-state index is 0.0981. The third kappa shape index (κ3) is 8.11. The summed E-state index contributed by atoms with van der Waals surface area (Å²) in [7, 11) is 0. The molecule has 4 rings (SSSR count). The van der Waals surface area contributed by atoms with E-state index in [1.165, 1.54) is 11.8 Å². The van der Waals surface area contributed by atoms with Crippen LogP contribution in [0.3, 0.4) is 0 Å². The molecule has 1 aliphatic carbocycles. The molecule has 10 nitrogen and oxygen atoms in total. The van der Waals surface area contributed by atoms with E-state index in [1.54, 1.807) is 11.0 Å². The summed E-state index contributed by atoms with van der Waals surface area (Å²) in [5, 5.41) is 0. The first-order chi connectivity index (χ1) is 19.4. The van der Waals surface area contributed by atoms with Crippen LogP contribution in [0.15, 0.2) is 19.7 Å². The monoisotopic (exact) mass is 586 g/mol. The summed E-state index contributed by atoms with van der Waals surface area (Å²) >= 11 is 1.11. The molecule has 41 heavy (non-hydrogen) atoms. The first kappa shape index (κ1) is 30.6. The third-order valence-electron chi connectivity index (χ3n) is 7.21. The summed E-state index contributed by atoms with van der Waals surface area (Å²) in [5.74, 6) is 4.89. The average Bonchev–Trinajstić information content (AvgIpc) is 3.51. The normalized spacial score (nSPS) is 19.3. The number of hydrogen-bond donors (Lipinski definition) is 0. The molecule has 1 saturated heterocycles. The Hall–Kier alpha value is -3.36. The number of hydrogen-bond acceptors (Lipinski definition) is 9. The Kier molecular flexibility index (Phi) is 9.76. The van der Waals surface area contributed by atoms with E-state index in [0.717, 1.165) is 37.0 Å². The van der Waals surface area contributed by atoms with Gasteiger partial charge in [0.15, 0.2) is 18.1 Å². The predicted octanol–water partition coefficient (Wildman–Crippen LogP) is 4.38. The van der Waals surface area contributed by atoms with E-state index in [0.29, 0.717) is 42.8 Å². The van der Waals surface area contributed by atoms with Crippen molar-refractivity contribution in [2.24, 2.45) is 17.3 Å². The number of anilines is 1. The lowest BCUT2D eigenvalue weighted by Gasteiger charge is -2.33. The number of nitrogens with zero attached hydrogens (tertiary/aromatic N) is 2. The quantitative estimate of drug-likeness (QED) is 0.347. The zero-order valence-electron chi connectivity index (χ0n) is 24.4. The topological polar surface area (TPSA) is 120 Å². The van der Waals surface area contributed by atoms with Crippen molar-refractivity contribution in [1.82, 2.24) is 4.90 Å². The molecule has 1 aliphatic heterocycles. The van der Waals surface area contributed by atoms with Crippen molar-refractivity contribution in [2.45, 2.75) is 66.9 Å². The first-order valence-electron chi connectivity index (χ1n) is 14.0. The smallest absolute Gasteiger partial charge is 0.453 e. The van der Waals surface area contributed by atoms with Gasteiger partial charge in [-0.25, -0.2) is 9.59 Å². The first-order valence-corrected chi connectivity index (χ1v) is 14.8. The summed E-state index contributed by atoms with van der Waals surface area (Å²) in [6.45, 7) is 10.9. The molecule has 2 aromatic rings. The fourth-order valence-electron chi connectivity index (χ4n) is 4.80. The second kappa shape index (κ2) is 13.1. The molecule has 2 fully saturated rings. The molecule has 11 heteroatoms. The van der Waals surface area contributed by atoms with Gasteiger partial charge >= 0.3 is 11.8 Å². The Morgan fingerprint density at radius 2 is 1.80 bits per heavy atom. The molecule has 0 unspecified atom stereocenters. The number of rotatable bonds is 7. The van der Waals surface area contributed by atoms with Gasteiger partial charge < -0.3 is 28.1 Å². The molecule has 0 aromatic carbocycles. The molecule has 0 spiro atoms. The van der Waals surface area contributed by atoms with Crippen LogP contribution in [0.1, 0.15) is 79.4 Å². The van der Waals surface area contributed by atoms with Crippen LogP contribution in [0.25, 0.3) is 0 Å². The van der Waals surface area contributed by atoms with Crippen LogP contribution in [-0.2, 0) is 25.7 Å². The Labute approximate surface area is 244 Å². The van der Waals surface area contributed by atoms with E-state index < -0.39 is 11.8 Å². The Morgan fingerprint density at radius 1 is 1.12 bits per heavy atom. The van der Waals surface area contributed by atoms with Gasteiger partial charge in [0.25, 0.3) is 0 Å². The number of esters is 1. The van der Waals surface area contributed by atoms with Gasteiger partial charge in [0, 0.05) is 24.4 Å². The van der Waals surface area contributed by atoms with Crippen molar-refractivity contribution in [3.63, 3.8) is 0 Å². The zero-order valence-corrected chi connectivity index (χ0v) is 25.2. The second-order valence-electron chi connectivity index (χ2n) is 11.7. The van der Waals surface area contributed by atoms with Crippen LogP contribution in [-0.4, -0.2) is 55.5 Å². The Balaban J connectivity index is 1.70. The molecular formula is C30H38N2O8S. The average molecular weight is 587 g/mol. The fourth-order valence-corrected chi connectivity index (χ4v) is 5.71. The molecule has 2 aromatic heterocycles. The van der Waals surface area contributed by atoms with Crippen molar-refractivity contribution in [1.29, 1.82) is 0 Å². The highest BCUT2D eigenvalue weighted by Crippen LogP contribution is 2.36. The molecule has 2 amide bonds. The maximum Gasteiger partial charge on any atom is 0.519 e. The largest absolute Gasteiger partial charge is 0.519 e. The SMILES string of the molecule is Cc1oc(=O)oc1COC(=O)c1sc(C#CC(C)(C)C)cc1N(CC(=O)N1CCOCC1)C(=O)C1CCC(C)CC1. The second-order valence-corrected chi connectivity index (χ2v) is 12.8. The number of carbonyl (C=O) groups excluding carboxylic acids is 3. The third-order valence-corrected chi connectivity index (χ3v) is 8.23. The minimum Gasteiger partial charge on any atom is -0.453 e. The van der Waals surface area contributed by atoms with E-state index in [1.807, 2.05) is 20.8 Å². The van der Waals surface area contributed by atoms with Gasteiger partial charge in [-0.2, -0.15) is 0 Å². The summed E-state index contributed by atoms with van der Waals surface area (Å²) in [6, 6.07) is 1.69. The maximum atomic E-state index is 14.0. The van der Waals surface area contributed by atoms with Crippen LogP contribution in [0.4, 0.5) is 5.69 Å². The zero-order chi connectivity index (χ0) is 29.7. The van der Waals surface area contributed by atoms with Crippen molar-refractivity contribution >= 4 is 34.8 Å². The van der Waals surface area contributed by atoms with Gasteiger partial charge in [-0.1, -0.05) is 18.8 Å². The maximum absolute atomic E-state index is 14.0. The van der Waals surface area contributed by atoms with Gasteiger partial charge in [0.1, 0.15) is 11.4 Å². The molecule has 1 saturated carbocycles. The van der Waals surface area contributed by atoms with Crippen molar-refractivity contribution in [3.05, 3.63) is 38.0 Å². The molecule has 0 radical (unpaired) electrons. The molecule has 222 valence electrons. The number of amides is 2. The van der Waals surface area contributed by atoms with E-state index in [2.05, 4.69) is 18.8 Å². The predicted molar refractivity (Wildman–Crippen MR) is 153 cm³/mol. The van der Waals surface area contributed by atoms with Gasteiger partial charge in [-0.05, 0) is 65.4 Å². The number of thiophene rings is 1. The highest BCUT2D eigenvalue weighted by molar-refractivity contribution is 7.15. The van der Waals surface area contributed by atoms with Gasteiger partial charge in [0.05, 0.1) is 23.8 Å². The molecule has 2 aliphatic rings. The number of aryl methyl sites for hydroxylation is 1. The minimum atomic E-state index is -0.884. The van der Waals surface area contributed by atoms with Crippen molar-refractivity contribution < 1.29 is 32.7 Å². The summed E-state index contributed by atoms with van der Waals surface area (Å²) in [5.41, 5.74) is 0.00992. The van der Waals surface area contributed by atoms with Gasteiger partial charge in [0.2, 0.25) is 11.8 Å². The van der Waals surface area contributed by atoms with Crippen molar-refractivity contribution in [3.8, 4) is 11.8 Å². The van der Waals surface area contributed by atoms with Crippen molar-refractivity contribution in [2.75, 3.05) is 37.7 Å². The van der Waals surface area contributed by atoms with E-state index >= 15 is 0 Å². The number of carbonyl (C=O) groups is 3. The lowest BCUT2D eigenvalue weighted by molar-refractivity contribution is -0.135. The highest BCUT2D eigenvalue weighted by atomic mass is 32.1. The number of ether oxygens (including phenoxy) is 2. The van der Waals surface area contributed by atoms with E-state index in [-0.39, 0.29) is 52.7 Å². The number of morpholine rings is 1. The molecular weight excluding hydrogens is 548 g/mol.